The Morgan fingerprint density at radius 1 is 1.64 bits per heavy atom. The van der Waals surface area contributed by atoms with Gasteiger partial charge in [-0.15, -0.1) is 0 Å². The largest absolute Gasteiger partial charge is 0.347 e. The summed E-state index contributed by atoms with van der Waals surface area (Å²) in [6.45, 7) is 6.73. The molecule has 0 N–H and O–H groups in total. The summed E-state index contributed by atoms with van der Waals surface area (Å²) in [6.07, 6.45) is 5.09. The van der Waals surface area contributed by atoms with Crippen LogP contribution in [-0.2, 0) is 9.47 Å². The van der Waals surface area contributed by atoms with Crippen molar-refractivity contribution in [3.05, 3.63) is 12.2 Å². The molecule has 0 aromatic rings. The lowest BCUT2D eigenvalue weighted by Gasteiger charge is -2.20. The molecule has 0 aliphatic carbocycles. The lowest BCUT2D eigenvalue weighted by atomic mass is 10.2. The molecule has 0 saturated carbocycles. The van der Waals surface area contributed by atoms with E-state index in [1.165, 1.54) is 0 Å². The van der Waals surface area contributed by atoms with Crippen molar-refractivity contribution in [2.45, 2.75) is 39.1 Å². The van der Waals surface area contributed by atoms with Gasteiger partial charge in [-0.1, -0.05) is 19.1 Å². The van der Waals surface area contributed by atoms with Gasteiger partial charge in [0.1, 0.15) is 6.10 Å². The Balaban J connectivity index is 2.46. The van der Waals surface area contributed by atoms with Crippen LogP contribution in [-0.4, -0.2) is 18.5 Å². The van der Waals surface area contributed by atoms with Crippen molar-refractivity contribution < 1.29 is 9.47 Å². The van der Waals surface area contributed by atoms with Crippen molar-refractivity contribution in [2.24, 2.45) is 0 Å². The molecule has 0 aromatic heterocycles. The van der Waals surface area contributed by atoms with Crippen LogP contribution in [0.2, 0.25) is 0 Å². The molecule has 0 spiro atoms. The highest BCUT2D eigenvalue weighted by Gasteiger charge is 2.33. The van der Waals surface area contributed by atoms with Gasteiger partial charge in [-0.25, -0.2) is 0 Å². The number of rotatable bonds is 2. The first-order chi connectivity index (χ1) is 5.20. The van der Waals surface area contributed by atoms with E-state index >= 15 is 0 Å². The number of hydrogen-bond acceptors (Lipinski definition) is 2. The Kier molecular flexibility index (Phi) is 2.68. The Bertz CT molecular complexity index is 154. The van der Waals surface area contributed by atoms with Crippen molar-refractivity contribution >= 4 is 0 Å². The summed E-state index contributed by atoms with van der Waals surface area (Å²) in [5.41, 5.74) is 0. The van der Waals surface area contributed by atoms with E-state index in [1.54, 1.807) is 0 Å². The van der Waals surface area contributed by atoms with E-state index in [0.29, 0.717) is 6.61 Å². The van der Waals surface area contributed by atoms with Gasteiger partial charge in [-0.05, 0) is 20.3 Å². The van der Waals surface area contributed by atoms with Gasteiger partial charge in [0.25, 0.3) is 0 Å². The summed E-state index contributed by atoms with van der Waals surface area (Å²) in [4.78, 5) is 0. The molecule has 2 heteroatoms. The summed E-state index contributed by atoms with van der Waals surface area (Å²) >= 11 is 0. The van der Waals surface area contributed by atoms with Gasteiger partial charge in [0, 0.05) is 0 Å². The molecule has 1 saturated heterocycles. The molecule has 0 aromatic carbocycles. The highest BCUT2D eigenvalue weighted by atomic mass is 16.7. The van der Waals surface area contributed by atoms with Crippen molar-refractivity contribution in [3.63, 3.8) is 0 Å². The molecule has 64 valence electrons. The fourth-order valence-corrected chi connectivity index (χ4v) is 1.14. The molecule has 2 atom stereocenters. The van der Waals surface area contributed by atoms with Crippen LogP contribution in [0.5, 0.6) is 0 Å². The van der Waals surface area contributed by atoms with Gasteiger partial charge in [-0.3, -0.25) is 0 Å². The van der Waals surface area contributed by atoms with Crippen LogP contribution in [0.4, 0.5) is 0 Å². The van der Waals surface area contributed by atoms with E-state index in [-0.39, 0.29) is 11.9 Å². The summed E-state index contributed by atoms with van der Waals surface area (Å²) < 4.78 is 11.1. The lowest BCUT2D eigenvalue weighted by Crippen LogP contribution is -2.24. The van der Waals surface area contributed by atoms with E-state index in [9.17, 15) is 0 Å². The normalized spacial score (nSPS) is 38.6. The minimum absolute atomic E-state index is 0.157. The summed E-state index contributed by atoms with van der Waals surface area (Å²) in [7, 11) is 0. The van der Waals surface area contributed by atoms with Crippen LogP contribution in [0, 0.1) is 0 Å². The minimum atomic E-state index is -0.343. The SMILES string of the molecule is CC=CC1COC(C)(CC)O1. The molecule has 11 heavy (non-hydrogen) atoms. The van der Waals surface area contributed by atoms with Crippen molar-refractivity contribution in [1.29, 1.82) is 0 Å². The zero-order valence-electron chi connectivity index (χ0n) is 7.46. The van der Waals surface area contributed by atoms with Crippen molar-refractivity contribution in [1.82, 2.24) is 0 Å². The topological polar surface area (TPSA) is 18.5 Å². The summed E-state index contributed by atoms with van der Waals surface area (Å²) in [6, 6.07) is 0. The highest BCUT2D eigenvalue weighted by molar-refractivity contribution is 4.91. The Morgan fingerprint density at radius 3 is 2.82 bits per heavy atom. The Hall–Kier alpha value is -0.340. The van der Waals surface area contributed by atoms with Crippen LogP contribution < -0.4 is 0 Å². The number of allylic oxidation sites excluding steroid dienone is 1. The van der Waals surface area contributed by atoms with E-state index in [1.807, 2.05) is 26.0 Å². The fraction of sp³-hybridized carbons (Fsp3) is 0.778. The van der Waals surface area contributed by atoms with Crippen LogP contribution in [0.15, 0.2) is 12.2 Å². The van der Waals surface area contributed by atoms with E-state index in [4.69, 9.17) is 9.47 Å². The van der Waals surface area contributed by atoms with Gasteiger partial charge in [0.15, 0.2) is 5.79 Å². The zero-order valence-corrected chi connectivity index (χ0v) is 7.46. The first-order valence-corrected chi connectivity index (χ1v) is 4.15. The quantitative estimate of drug-likeness (QED) is 0.570. The molecular formula is C9H16O2. The number of ether oxygens (including phenoxy) is 2. The maximum Gasteiger partial charge on any atom is 0.166 e. The smallest absolute Gasteiger partial charge is 0.166 e. The minimum Gasteiger partial charge on any atom is -0.347 e. The molecule has 1 fully saturated rings. The van der Waals surface area contributed by atoms with Crippen molar-refractivity contribution in [3.8, 4) is 0 Å². The van der Waals surface area contributed by atoms with Gasteiger partial charge in [0.05, 0.1) is 6.61 Å². The van der Waals surface area contributed by atoms with Gasteiger partial charge in [0.2, 0.25) is 0 Å². The Labute approximate surface area is 68.2 Å². The first-order valence-electron chi connectivity index (χ1n) is 4.15. The molecule has 1 rings (SSSR count). The molecule has 2 unspecified atom stereocenters. The van der Waals surface area contributed by atoms with Gasteiger partial charge >= 0.3 is 0 Å². The van der Waals surface area contributed by atoms with E-state index in [0.717, 1.165) is 6.42 Å². The Morgan fingerprint density at radius 2 is 2.36 bits per heavy atom. The van der Waals surface area contributed by atoms with Gasteiger partial charge < -0.3 is 9.47 Å². The molecule has 2 nitrogen and oxygen atoms in total. The van der Waals surface area contributed by atoms with E-state index in [2.05, 4.69) is 6.92 Å². The first kappa shape index (κ1) is 8.75. The molecule has 1 aliphatic heterocycles. The van der Waals surface area contributed by atoms with Crippen LogP contribution in [0.1, 0.15) is 27.2 Å². The summed E-state index contributed by atoms with van der Waals surface area (Å²) in [5, 5.41) is 0. The monoisotopic (exact) mass is 156 g/mol. The number of hydrogen-bond donors (Lipinski definition) is 0. The van der Waals surface area contributed by atoms with Crippen LogP contribution in [0.25, 0.3) is 0 Å². The zero-order chi connectivity index (χ0) is 8.32. The summed E-state index contributed by atoms with van der Waals surface area (Å²) in [5.74, 6) is -0.343. The third kappa shape index (κ3) is 2.04. The average Bonchev–Trinajstić information content (AvgIpc) is 2.35. The fourth-order valence-electron chi connectivity index (χ4n) is 1.14. The van der Waals surface area contributed by atoms with Crippen molar-refractivity contribution in [2.75, 3.05) is 6.61 Å². The second-order valence-electron chi connectivity index (χ2n) is 2.98. The molecular weight excluding hydrogens is 140 g/mol. The van der Waals surface area contributed by atoms with Crippen LogP contribution >= 0.6 is 0 Å². The molecule has 1 aliphatic rings. The third-order valence-corrected chi connectivity index (χ3v) is 2.00. The molecule has 1 heterocycles. The molecule has 0 radical (unpaired) electrons. The maximum atomic E-state index is 5.63. The lowest BCUT2D eigenvalue weighted by molar-refractivity contribution is -0.150. The van der Waals surface area contributed by atoms with E-state index < -0.39 is 0 Å². The van der Waals surface area contributed by atoms with Crippen LogP contribution in [0.3, 0.4) is 0 Å². The van der Waals surface area contributed by atoms with Gasteiger partial charge in [-0.2, -0.15) is 0 Å². The molecule has 0 amide bonds. The average molecular weight is 156 g/mol. The maximum absolute atomic E-state index is 5.63. The molecule has 0 bridgehead atoms. The standard InChI is InChI=1S/C9H16O2/c1-4-6-8-7-10-9(3,5-2)11-8/h4,6,8H,5,7H2,1-3H3. The second-order valence-corrected chi connectivity index (χ2v) is 2.98. The highest BCUT2D eigenvalue weighted by Crippen LogP contribution is 2.26. The predicted octanol–water partition coefficient (Wildman–Crippen LogP) is 2.10. The predicted molar refractivity (Wildman–Crippen MR) is 44.3 cm³/mol. The second kappa shape index (κ2) is 3.37. The third-order valence-electron chi connectivity index (χ3n) is 2.00.